The predicted molar refractivity (Wildman–Crippen MR) is 113 cm³/mol. The van der Waals surface area contributed by atoms with Crippen LogP contribution in [0.4, 0.5) is 0 Å². The van der Waals surface area contributed by atoms with Crippen LogP contribution < -0.4 is 16.0 Å². The quantitative estimate of drug-likeness (QED) is 0.675. The number of rotatable bonds is 6. The molecule has 9 nitrogen and oxygen atoms in total. The molecule has 0 aliphatic carbocycles. The molecular weight excluding hydrogens is 414 g/mol. The van der Waals surface area contributed by atoms with Gasteiger partial charge >= 0.3 is 11.9 Å². The second kappa shape index (κ2) is 8.98. The summed E-state index contributed by atoms with van der Waals surface area (Å²) in [5.41, 5.74) is 3.28. The van der Waals surface area contributed by atoms with Crippen LogP contribution in [0, 0.1) is 18.3 Å². The van der Waals surface area contributed by atoms with Crippen LogP contribution in [0.25, 0.3) is 0 Å². The minimum Gasteiger partial charge on any atom is -0.464 e. The topological polar surface area (TPSA) is 134 Å². The van der Waals surface area contributed by atoms with Gasteiger partial charge in [-0.05, 0) is 26.3 Å². The van der Waals surface area contributed by atoms with Crippen LogP contribution in [0.5, 0.6) is 5.75 Å². The van der Waals surface area contributed by atoms with E-state index in [0.717, 1.165) is 5.56 Å². The number of fused-ring (bicyclic) bond motifs is 1. The summed E-state index contributed by atoms with van der Waals surface area (Å²) in [4.78, 5) is 39.6. The second-order valence-electron chi connectivity index (χ2n) is 7.05. The van der Waals surface area contributed by atoms with Crippen LogP contribution in [0.2, 0.25) is 0 Å². The predicted octanol–water partition coefficient (Wildman–Crippen LogP) is 1.66. The van der Waals surface area contributed by atoms with Crippen LogP contribution in [0.15, 0.2) is 52.6 Å². The van der Waals surface area contributed by atoms with Crippen molar-refractivity contribution in [3.05, 3.63) is 75.0 Å². The molecule has 0 amide bonds. The Morgan fingerprint density at radius 3 is 2.44 bits per heavy atom. The van der Waals surface area contributed by atoms with Crippen LogP contribution in [-0.2, 0) is 31.0 Å². The zero-order valence-corrected chi connectivity index (χ0v) is 18.0. The molecule has 3 rings (SSSR count). The van der Waals surface area contributed by atoms with Crippen LogP contribution in [0.3, 0.4) is 0 Å². The molecule has 0 radical (unpaired) electrons. The minimum absolute atomic E-state index is 0.0427. The van der Waals surface area contributed by atoms with Gasteiger partial charge in [-0.3, -0.25) is 4.79 Å². The second-order valence-corrected chi connectivity index (χ2v) is 7.05. The summed E-state index contributed by atoms with van der Waals surface area (Å²) < 4.78 is 17.1. The molecule has 0 spiro atoms. The molecule has 0 fully saturated rings. The summed E-state index contributed by atoms with van der Waals surface area (Å²) in [5, 5.41) is 10.2. The third-order valence-electron chi connectivity index (χ3n) is 5.10. The number of pyridine rings is 1. The van der Waals surface area contributed by atoms with E-state index < -0.39 is 34.4 Å². The maximum Gasteiger partial charge on any atom is 0.342 e. The van der Waals surface area contributed by atoms with Gasteiger partial charge in [0.15, 0.2) is 0 Å². The van der Waals surface area contributed by atoms with Gasteiger partial charge in [0.25, 0.3) is 5.56 Å². The van der Waals surface area contributed by atoms with Gasteiger partial charge in [-0.25, -0.2) is 9.59 Å². The smallest absolute Gasteiger partial charge is 0.342 e. The fourth-order valence-corrected chi connectivity index (χ4v) is 3.67. The summed E-state index contributed by atoms with van der Waals surface area (Å²) in [7, 11) is 0. The van der Waals surface area contributed by atoms with E-state index in [0.29, 0.717) is 5.69 Å². The summed E-state index contributed by atoms with van der Waals surface area (Å²) in [6.45, 7) is 4.84. The minimum atomic E-state index is -2.44. The van der Waals surface area contributed by atoms with Crippen molar-refractivity contribution in [1.82, 2.24) is 4.57 Å². The number of nitrogens with two attached hydrogens (primary N) is 1. The molecule has 1 aromatic heterocycles. The third kappa shape index (κ3) is 3.60. The molecular formula is C23H23N3O6. The van der Waals surface area contributed by atoms with Gasteiger partial charge in [-0.15, -0.1) is 0 Å². The van der Waals surface area contributed by atoms with Gasteiger partial charge in [-0.2, -0.15) is 5.26 Å². The number of hydrogen-bond acceptors (Lipinski definition) is 8. The van der Waals surface area contributed by atoms with Crippen molar-refractivity contribution in [2.45, 2.75) is 32.7 Å². The standard InChI is InChI=1S/C23H23N3O6/c1-4-30-21(28)18-19(25)32-16-11-14(3)26(12-15-9-7-6-8-10-15)20(27)17(16)23(18,13-24)22(29)31-5-2/h6-11H,4-5,12,25H2,1-3H3. The van der Waals surface area contributed by atoms with Gasteiger partial charge in [0.2, 0.25) is 11.3 Å². The van der Waals surface area contributed by atoms with Crippen molar-refractivity contribution >= 4 is 11.9 Å². The highest BCUT2D eigenvalue weighted by Gasteiger charge is 2.57. The van der Waals surface area contributed by atoms with Crippen molar-refractivity contribution in [3.8, 4) is 11.8 Å². The van der Waals surface area contributed by atoms with E-state index in [1.807, 2.05) is 36.4 Å². The first-order valence-electron chi connectivity index (χ1n) is 10.0. The lowest BCUT2D eigenvalue weighted by molar-refractivity contribution is -0.150. The van der Waals surface area contributed by atoms with Crippen molar-refractivity contribution in [2.24, 2.45) is 5.73 Å². The van der Waals surface area contributed by atoms with Crippen molar-refractivity contribution in [1.29, 1.82) is 5.26 Å². The number of esters is 2. The largest absolute Gasteiger partial charge is 0.464 e. The Kier molecular flexibility index (Phi) is 6.35. The van der Waals surface area contributed by atoms with E-state index in [9.17, 15) is 19.6 Å². The van der Waals surface area contributed by atoms with Crippen molar-refractivity contribution in [3.63, 3.8) is 0 Å². The molecule has 1 unspecified atom stereocenters. The highest BCUT2D eigenvalue weighted by molar-refractivity contribution is 6.05. The molecule has 0 saturated heterocycles. The van der Waals surface area contributed by atoms with Gasteiger partial charge in [0, 0.05) is 11.8 Å². The van der Waals surface area contributed by atoms with E-state index in [1.54, 1.807) is 20.8 Å². The first-order chi connectivity index (χ1) is 15.3. The van der Waals surface area contributed by atoms with Crippen LogP contribution in [-0.4, -0.2) is 29.7 Å². The van der Waals surface area contributed by atoms with E-state index in [2.05, 4.69) is 0 Å². The number of ether oxygens (including phenoxy) is 3. The Bertz CT molecular complexity index is 1190. The van der Waals surface area contributed by atoms with Gasteiger partial charge in [0.05, 0.1) is 31.4 Å². The van der Waals surface area contributed by atoms with E-state index in [4.69, 9.17) is 19.9 Å². The number of hydrogen-bond donors (Lipinski definition) is 1. The van der Waals surface area contributed by atoms with E-state index in [-0.39, 0.29) is 31.1 Å². The molecule has 2 N–H and O–H groups in total. The Hall–Kier alpha value is -4.06. The number of carbonyl (C=O) groups is 2. The Balaban J connectivity index is 2.34. The van der Waals surface area contributed by atoms with Gasteiger partial charge in [0.1, 0.15) is 11.3 Å². The number of aromatic nitrogens is 1. The summed E-state index contributed by atoms with van der Waals surface area (Å²) in [5.74, 6) is -2.73. The number of aryl methyl sites for hydroxylation is 1. The molecule has 9 heteroatoms. The maximum atomic E-state index is 13.7. The van der Waals surface area contributed by atoms with Crippen LogP contribution >= 0.6 is 0 Å². The molecule has 1 atom stereocenters. The lowest BCUT2D eigenvalue weighted by Gasteiger charge is -2.32. The van der Waals surface area contributed by atoms with Crippen molar-refractivity contribution in [2.75, 3.05) is 13.2 Å². The molecule has 1 aromatic carbocycles. The molecule has 0 saturated carbocycles. The molecule has 2 heterocycles. The normalized spacial score (nSPS) is 17.1. The molecule has 32 heavy (non-hydrogen) atoms. The highest BCUT2D eigenvalue weighted by atomic mass is 16.5. The fraction of sp³-hybridized carbons (Fsp3) is 0.304. The number of benzene rings is 1. The Morgan fingerprint density at radius 2 is 1.84 bits per heavy atom. The van der Waals surface area contributed by atoms with Gasteiger partial charge < -0.3 is 24.5 Å². The summed E-state index contributed by atoms with van der Waals surface area (Å²) in [6.07, 6.45) is 0. The number of carbonyl (C=O) groups excluding carboxylic acids is 2. The lowest BCUT2D eigenvalue weighted by Crippen LogP contribution is -2.50. The van der Waals surface area contributed by atoms with Crippen LogP contribution in [0.1, 0.15) is 30.7 Å². The summed E-state index contributed by atoms with van der Waals surface area (Å²) >= 11 is 0. The van der Waals surface area contributed by atoms with Gasteiger partial charge in [-0.1, -0.05) is 30.3 Å². The lowest BCUT2D eigenvalue weighted by atomic mass is 9.73. The Morgan fingerprint density at radius 1 is 1.19 bits per heavy atom. The Labute approximate surface area is 184 Å². The van der Waals surface area contributed by atoms with E-state index in [1.165, 1.54) is 10.6 Å². The molecule has 1 aliphatic rings. The zero-order chi connectivity index (χ0) is 23.5. The molecule has 2 aromatic rings. The zero-order valence-electron chi connectivity index (χ0n) is 18.0. The number of nitriles is 1. The SMILES string of the molecule is CCOC(=O)C1=C(N)Oc2cc(C)n(Cc3ccccc3)c(=O)c2C1(C#N)C(=O)OCC. The third-order valence-corrected chi connectivity index (χ3v) is 5.10. The highest BCUT2D eigenvalue weighted by Crippen LogP contribution is 2.43. The number of nitrogens with zero attached hydrogens (tertiary/aromatic N) is 2. The summed E-state index contributed by atoms with van der Waals surface area (Å²) in [6, 6.07) is 12.5. The average Bonchev–Trinajstić information content (AvgIpc) is 2.76. The average molecular weight is 437 g/mol. The monoisotopic (exact) mass is 437 g/mol. The first-order valence-corrected chi connectivity index (χ1v) is 10.0. The maximum absolute atomic E-state index is 13.7. The molecule has 0 bridgehead atoms. The van der Waals surface area contributed by atoms with Crippen molar-refractivity contribution < 1.29 is 23.8 Å². The fourth-order valence-electron chi connectivity index (χ4n) is 3.67. The molecule has 1 aliphatic heterocycles. The molecule has 166 valence electrons. The first kappa shape index (κ1) is 22.6. The van der Waals surface area contributed by atoms with E-state index >= 15 is 0 Å².